The second kappa shape index (κ2) is 8.26. The zero-order chi connectivity index (χ0) is 15.8. The Morgan fingerprint density at radius 2 is 1.55 bits per heavy atom. The highest BCUT2D eigenvalue weighted by Gasteiger charge is 2.21. The molecule has 1 fully saturated rings. The number of carbonyl (C=O) groups excluding carboxylic acids is 2. The van der Waals surface area contributed by atoms with Gasteiger partial charge in [-0.25, -0.2) is 9.59 Å². The van der Waals surface area contributed by atoms with Gasteiger partial charge in [0.25, 0.3) is 0 Å². The summed E-state index contributed by atoms with van der Waals surface area (Å²) < 4.78 is 0. The van der Waals surface area contributed by atoms with Crippen LogP contribution in [0, 0.1) is 0 Å². The first-order chi connectivity index (χ1) is 10.7. The molecule has 0 aromatic heterocycles. The molecular formula is C16H24N4O2. The van der Waals surface area contributed by atoms with E-state index in [-0.39, 0.29) is 12.1 Å². The van der Waals surface area contributed by atoms with Crippen LogP contribution in [0.3, 0.4) is 0 Å². The van der Waals surface area contributed by atoms with Crippen molar-refractivity contribution in [1.82, 2.24) is 20.4 Å². The molecule has 0 spiro atoms. The van der Waals surface area contributed by atoms with Crippen molar-refractivity contribution >= 4 is 12.1 Å². The lowest BCUT2D eigenvalue weighted by Gasteiger charge is -2.22. The molecule has 0 atom stereocenters. The fourth-order valence-electron chi connectivity index (χ4n) is 2.47. The van der Waals surface area contributed by atoms with Crippen molar-refractivity contribution in [3.05, 3.63) is 35.9 Å². The number of rotatable bonds is 3. The molecule has 1 aliphatic rings. The van der Waals surface area contributed by atoms with E-state index in [0.29, 0.717) is 39.3 Å². The van der Waals surface area contributed by atoms with Crippen molar-refractivity contribution in [1.29, 1.82) is 0 Å². The first-order valence-corrected chi connectivity index (χ1v) is 7.80. The molecule has 4 amide bonds. The SMILES string of the molecule is CCNC(=O)N1CCCN(C(=O)NCc2ccccc2)CC1. The van der Waals surface area contributed by atoms with Crippen LogP contribution in [-0.2, 0) is 6.54 Å². The van der Waals surface area contributed by atoms with Gasteiger partial charge in [0, 0.05) is 39.3 Å². The minimum atomic E-state index is -0.0680. The van der Waals surface area contributed by atoms with Crippen LogP contribution >= 0.6 is 0 Å². The lowest BCUT2D eigenvalue weighted by molar-refractivity contribution is 0.191. The van der Waals surface area contributed by atoms with Crippen LogP contribution in [0.4, 0.5) is 9.59 Å². The maximum absolute atomic E-state index is 12.2. The molecule has 1 saturated heterocycles. The summed E-state index contributed by atoms with van der Waals surface area (Å²) in [4.78, 5) is 27.6. The van der Waals surface area contributed by atoms with E-state index in [1.165, 1.54) is 0 Å². The molecule has 2 rings (SSSR count). The molecule has 0 unspecified atom stereocenters. The van der Waals surface area contributed by atoms with Crippen molar-refractivity contribution in [3.8, 4) is 0 Å². The van der Waals surface area contributed by atoms with Crippen LogP contribution in [0.1, 0.15) is 18.9 Å². The Morgan fingerprint density at radius 1 is 0.955 bits per heavy atom. The van der Waals surface area contributed by atoms with Crippen molar-refractivity contribution in [2.45, 2.75) is 19.9 Å². The van der Waals surface area contributed by atoms with Gasteiger partial charge in [0.05, 0.1) is 0 Å². The van der Waals surface area contributed by atoms with E-state index < -0.39 is 0 Å². The average molecular weight is 304 g/mol. The number of nitrogens with one attached hydrogen (secondary N) is 2. The molecule has 1 aromatic rings. The minimum Gasteiger partial charge on any atom is -0.338 e. The van der Waals surface area contributed by atoms with E-state index in [9.17, 15) is 9.59 Å². The third-order valence-electron chi connectivity index (χ3n) is 3.68. The standard InChI is InChI=1S/C16H24N4O2/c1-2-17-15(21)19-9-6-10-20(12-11-19)16(22)18-13-14-7-4-3-5-8-14/h3-5,7-8H,2,6,9-13H2,1H3,(H,17,21)(H,18,22). The number of hydrogen-bond donors (Lipinski definition) is 2. The van der Waals surface area contributed by atoms with Crippen LogP contribution in [-0.4, -0.2) is 54.6 Å². The highest BCUT2D eigenvalue weighted by molar-refractivity contribution is 5.75. The van der Waals surface area contributed by atoms with Crippen LogP contribution in [0.2, 0.25) is 0 Å². The van der Waals surface area contributed by atoms with E-state index in [2.05, 4.69) is 10.6 Å². The lowest BCUT2D eigenvalue weighted by Crippen LogP contribution is -2.44. The molecule has 6 heteroatoms. The Balaban J connectivity index is 1.80. The quantitative estimate of drug-likeness (QED) is 0.891. The van der Waals surface area contributed by atoms with Gasteiger partial charge in [-0.15, -0.1) is 0 Å². The molecule has 0 saturated carbocycles. The molecule has 0 bridgehead atoms. The fraction of sp³-hybridized carbons (Fsp3) is 0.500. The first-order valence-electron chi connectivity index (χ1n) is 7.80. The zero-order valence-corrected chi connectivity index (χ0v) is 13.0. The minimum absolute atomic E-state index is 0.0472. The Kier molecular flexibility index (Phi) is 6.06. The van der Waals surface area contributed by atoms with E-state index in [1.54, 1.807) is 9.80 Å². The van der Waals surface area contributed by atoms with Gasteiger partial charge >= 0.3 is 12.1 Å². The predicted octanol–water partition coefficient (Wildman–Crippen LogP) is 1.63. The normalized spacial score (nSPS) is 15.1. The lowest BCUT2D eigenvalue weighted by atomic mass is 10.2. The van der Waals surface area contributed by atoms with Gasteiger partial charge in [0.2, 0.25) is 0 Å². The summed E-state index contributed by atoms with van der Waals surface area (Å²) >= 11 is 0. The number of amides is 4. The topological polar surface area (TPSA) is 64.7 Å². The highest BCUT2D eigenvalue weighted by Crippen LogP contribution is 2.05. The van der Waals surface area contributed by atoms with Crippen LogP contribution in [0.15, 0.2) is 30.3 Å². The third kappa shape index (κ3) is 4.65. The molecule has 0 radical (unpaired) electrons. The maximum atomic E-state index is 12.2. The van der Waals surface area contributed by atoms with E-state index >= 15 is 0 Å². The fourth-order valence-corrected chi connectivity index (χ4v) is 2.47. The molecule has 1 aliphatic heterocycles. The zero-order valence-electron chi connectivity index (χ0n) is 13.0. The average Bonchev–Trinajstić information content (AvgIpc) is 2.80. The number of benzene rings is 1. The van der Waals surface area contributed by atoms with Crippen molar-refractivity contribution in [3.63, 3.8) is 0 Å². The van der Waals surface area contributed by atoms with Gasteiger partial charge in [-0.3, -0.25) is 0 Å². The Hall–Kier alpha value is -2.24. The Labute approximate surface area is 131 Å². The maximum Gasteiger partial charge on any atom is 0.317 e. The van der Waals surface area contributed by atoms with E-state index in [1.807, 2.05) is 37.3 Å². The number of carbonyl (C=O) groups is 2. The van der Waals surface area contributed by atoms with Crippen LogP contribution in [0.5, 0.6) is 0 Å². The molecule has 1 aromatic carbocycles. The van der Waals surface area contributed by atoms with Gasteiger partial charge in [-0.1, -0.05) is 30.3 Å². The smallest absolute Gasteiger partial charge is 0.317 e. The summed E-state index contributed by atoms with van der Waals surface area (Å²) in [7, 11) is 0. The largest absolute Gasteiger partial charge is 0.338 e. The number of hydrogen-bond acceptors (Lipinski definition) is 2. The molecule has 1 heterocycles. The van der Waals surface area contributed by atoms with Crippen molar-refractivity contribution in [2.24, 2.45) is 0 Å². The molecule has 2 N–H and O–H groups in total. The van der Waals surface area contributed by atoms with Crippen LogP contribution < -0.4 is 10.6 Å². The molecular weight excluding hydrogens is 280 g/mol. The summed E-state index contributed by atoms with van der Waals surface area (Å²) in [5.41, 5.74) is 1.08. The second-order valence-corrected chi connectivity index (χ2v) is 5.31. The van der Waals surface area contributed by atoms with Crippen molar-refractivity contribution in [2.75, 3.05) is 32.7 Å². The molecule has 6 nitrogen and oxygen atoms in total. The van der Waals surface area contributed by atoms with Gasteiger partial charge in [0.15, 0.2) is 0 Å². The number of urea groups is 2. The number of nitrogens with zero attached hydrogens (tertiary/aromatic N) is 2. The van der Waals surface area contributed by atoms with E-state index in [0.717, 1.165) is 12.0 Å². The van der Waals surface area contributed by atoms with Gasteiger partial charge in [0.1, 0.15) is 0 Å². The first kappa shape index (κ1) is 16.1. The predicted molar refractivity (Wildman–Crippen MR) is 85.5 cm³/mol. The second-order valence-electron chi connectivity index (χ2n) is 5.31. The summed E-state index contributed by atoms with van der Waals surface area (Å²) in [6.45, 7) is 5.55. The highest BCUT2D eigenvalue weighted by atomic mass is 16.2. The monoisotopic (exact) mass is 304 g/mol. The van der Waals surface area contributed by atoms with Gasteiger partial charge < -0.3 is 20.4 Å². The summed E-state index contributed by atoms with van der Waals surface area (Å²) in [5.74, 6) is 0. The van der Waals surface area contributed by atoms with Crippen molar-refractivity contribution < 1.29 is 9.59 Å². The molecule has 0 aliphatic carbocycles. The van der Waals surface area contributed by atoms with E-state index in [4.69, 9.17) is 0 Å². The third-order valence-corrected chi connectivity index (χ3v) is 3.68. The Morgan fingerprint density at radius 3 is 2.14 bits per heavy atom. The summed E-state index contributed by atoms with van der Waals surface area (Å²) in [6.07, 6.45) is 0.801. The van der Waals surface area contributed by atoms with Gasteiger partial charge in [-0.2, -0.15) is 0 Å². The summed E-state index contributed by atoms with van der Waals surface area (Å²) in [5, 5.41) is 5.74. The van der Waals surface area contributed by atoms with Crippen LogP contribution in [0.25, 0.3) is 0 Å². The summed E-state index contributed by atoms with van der Waals surface area (Å²) in [6, 6.07) is 9.72. The Bertz CT molecular complexity index is 492. The van der Waals surface area contributed by atoms with Gasteiger partial charge in [-0.05, 0) is 18.9 Å². The molecule has 120 valence electrons. The molecule has 22 heavy (non-hydrogen) atoms.